The van der Waals surface area contributed by atoms with E-state index in [1.54, 1.807) is 7.11 Å². The summed E-state index contributed by atoms with van der Waals surface area (Å²) >= 11 is 0. The average molecular weight is 314 g/mol. The summed E-state index contributed by atoms with van der Waals surface area (Å²) in [6.45, 7) is 2.44. The Hall–Kier alpha value is -1.15. The molecule has 21 heavy (non-hydrogen) atoms. The summed E-state index contributed by atoms with van der Waals surface area (Å²) in [7, 11) is -0.421. The summed E-state index contributed by atoms with van der Waals surface area (Å²) in [5, 5.41) is 9.95. The van der Waals surface area contributed by atoms with Gasteiger partial charge in [-0.1, -0.05) is 19.1 Å². The van der Waals surface area contributed by atoms with Gasteiger partial charge in [0.25, 0.3) is 10.2 Å². The Labute approximate surface area is 126 Å². The third kappa shape index (κ3) is 3.37. The van der Waals surface area contributed by atoms with Gasteiger partial charge in [0.15, 0.2) is 0 Å². The fraction of sp³-hybridized carbons (Fsp3) is 0.571. The largest absolute Gasteiger partial charge is 0.497 e. The Morgan fingerprint density at radius 3 is 2.67 bits per heavy atom. The van der Waals surface area contributed by atoms with Gasteiger partial charge in [0.1, 0.15) is 5.75 Å². The quantitative estimate of drug-likeness (QED) is 0.844. The van der Waals surface area contributed by atoms with Gasteiger partial charge in [-0.3, -0.25) is 0 Å². The molecule has 0 radical (unpaired) electrons. The molecule has 1 aliphatic rings. The number of aliphatic hydroxyl groups is 1. The van der Waals surface area contributed by atoms with Crippen molar-refractivity contribution in [2.75, 3.05) is 27.2 Å². The lowest BCUT2D eigenvalue weighted by molar-refractivity contribution is -0.0633. The summed E-state index contributed by atoms with van der Waals surface area (Å²) in [5.41, 5.74) is -0.0177. The molecular weight excluding hydrogens is 292 g/mol. The van der Waals surface area contributed by atoms with E-state index in [1.807, 2.05) is 31.2 Å². The molecule has 1 N–H and O–H groups in total. The van der Waals surface area contributed by atoms with Gasteiger partial charge in [-0.05, 0) is 24.1 Å². The van der Waals surface area contributed by atoms with Crippen molar-refractivity contribution < 1.29 is 18.3 Å². The third-order valence-corrected chi connectivity index (χ3v) is 5.69. The van der Waals surface area contributed by atoms with Gasteiger partial charge in [0, 0.05) is 26.7 Å². The maximum absolute atomic E-state index is 12.4. The van der Waals surface area contributed by atoms with Crippen LogP contribution in [0.4, 0.5) is 0 Å². The standard InChI is InChI=1S/C14H22N2O4S/c1-4-14(17)10-16(11-14)21(18,19)15(2)9-12-6-5-7-13(8-12)20-3/h5-8,17H,4,9-11H2,1-3H3. The molecule has 6 nitrogen and oxygen atoms in total. The highest BCUT2D eigenvalue weighted by atomic mass is 32.2. The Kier molecular flexibility index (Phi) is 4.57. The first-order valence-electron chi connectivity index (χ1n) is 6.87. The minimum atomic E-state index is -3.54. The van der Waals surface area contributed by atoms with E-state index in [0.29, 0.717) is 12.2 Å². The molecule has 2 rings (SSSR count). The van der Waals surface area contributed by atoms with Crippen molar-refractivity contribution in [3.63, 3.8) is 0 Å². The highest BCUT2D eigenvalue weighted by Gasteiger charge is 2.46. The van der Waals surface area contributed by atoms with E-state index in [0.717, 1.165) is 5.56 Å². The molecule has 1 saturated heterocycles. The van der Waals surface area contributed by atoms with Crippen molar-refractivity contribution in [1.82, 2.24) is 8.61 Å². The van der Waals surface area contributed by atoms with Crippen molar-refractivity contribution in [2.24, 2.45) is 0 Å². The molecule has 0 spiro atoms. The van der Waals surface area contributed by atoms with Crippen molar-refractivity contribution in [2.45, 2.75) is 25.5 Å². The Balaban J connectivity index is 2.04. The van der Waals surface area contributed by atoms with Gasteiger partial charge >= 0.3 is 0 Å². The molecule has 1 fully saturated rings. The van der Waals surface area contributed by atoms with Crippen LogP contribution in [0.1, 0.15) is 18.9 Å². The number of β-amino-alcohol motifs (C(OH)–C–C–N with tert-alkyl or cyclic N) is 1. The highest BCUT2D eigenvalue weighted by Crippen LogP contribution is 2.28. The minimum absolute atomic E-state index is 0.161. The van der Waals surface area contributed by atoms with Crippen LogP contribution in [0.15, 0.2) is 24.3 Å². The number of hydrogen-bond donors (Lipinski definition) is 1. The molecule has 118 valence electrons. The molecule has 0 aliphatic carbocycles. The summed E-state index contributed by atoms with van der Waals surface area (Å²) < 4.78 is 32.5. The fourth-order valence-electron chi connectivity index (χ4n) is 2.30. The van der Waals surface area contributed by atoms with E-state index in [4.69, 9.17) is 4.74 Å². The van der Waals surface area contributed by atoms with E-state index in [9.17, 15) is 13.5 Å². The lowest BCUT2D eigenvalue weighted by Gasteiger charge is -2.46. The zero-order valence-corrected chi connectivity index (χ0v) is 13.4. The summed E-state index contributed by atoms with van der Waals surface area (Å²) in [4.78, 5) is 0. The van der Waals surface area contributed by atoms with Crippen LogP contribution in [0, 0.1) is 0 Å². The van der Waals surface area contributed by atoms with Crippen LogP contribution in [0.5, 0.6) is 5.75 Å². The Morgan fingerprint density at radius 2 is 2.10 bits per heavy atom. The monoisotopic (exact) mass is 314 g/mol. The predicted molar refractivity (Wildman–Crippen MR) is 80.2 cm³/mol. The lowest BCUT2D eigenvalue weighted by Crippen LogP contribution is -2.64. The first-order chi connectivity index (χ1) is 9.80. The van der Waals surface area contributed by atoms with E-state index in [2.05, 4.69) is 0 Å². The number of hydrogen-bond acceptors (Lipinski definition) is 4. The number of nitrogens with zero attached hydrogens (tertiary/aromatic N) is 2. The second-order valence-electron chi connectivity index (χ2n) is 5.46. The van der Waals surface area contributed by atoms with Gasteiger partial charge in [-0.25, -0.2) is 0 Å². The number of rotatable bonds is 6. The smallest absolute Gasteiger partial charge is 0.282 e. The fourth-order valence-corrected chi connectivity index (χ4v) is 3.82. The molecule has 1 aliphatic heterocycles. The van der Waals surface area contributed by atoms with Gasteiger partial charge in [-0.2, -0.15) is 17.0 Å². The minimum Gasteiger partial charge on any atom is -0.497 e. The molecule has 0 unspecified atom stereocenters. The molecule has 1 aromatic rings. The lowest BCUT2D eigenvalue weighted by atomic mass is 9.94. The molecule has 1 heterocycles. The van der Waals surface area contributed by atoms with E-state index in [-0.39, 0.29) is 19.6 Å². The van der Waals surface area contributed by atoms with Crippen molar-refractivity contribution in [3.05, 3.63) is 29.8 Å². The van der Waals surface area contributed by atoms with Crippen LogP contribution in [0.25, 0.3) is 0 Å². The first-order valence-corrected chi connectivity index (χ1v) is 8.27. The van der Waals surface area contributed by atoms with E-state index < -0.39 is 15.8 Å². The molecule has 0 atom stereocenters. The highest BCUT2D eigenvalue weighted by molar-refractivity contribution is 7.86. The van der Waals surface area contributed by atoms with Gasteiger partial charge in [0.05, 0.1) is 12.7 Å². The molecule has 0 aromatic heterocycles. The molecule has 0 bridgehead atoms. The van der Waals surface area contributed by atoms with Crippen LogP contribution in [0.3, 0.4) is 0 Å². The average Bonchev–Trinajstić information content (AvgIpc) is 2.43. The normalized spacial score (nSPS) is 18.5. The van der Waals surface area contributed by atoms with Crippen molar-refractivity contribution in [1.29, 1.82) is 0 Å². The van der Waals surface area contributed by atoms with Crippen LogP contribution in [-0.2, 0) is 16.8 Å². The number of benzene rings is 1. The molecule has 0 amide bonds. The van der Waals surface area contributed by atoms with Crippen molar-refractivity contribution >= 4 is 10.2 Å². The predicted octanol–water partition coefficient (Wildman–Crippen LogP) is 0.828. The molecular formula is C14H22N2O4S. The zero-order chi connectivity index (χ0) is 15.7. The van der Waals surface area contributed by atoms with Crippen LogP contribution >= 0.6 is 0 Å². The molecule has 7 heteroatoms. The number of ether oxygens (including phenoxy) is 1. The maximum Gasteiger partial charge on any atom is 0.282 e. The van der Waals surface area contributed by atoms with Crippen molar-refractivity contribution in [3.8, 4) is 5.75 Å². The molecule has 0 saturated carbocycles. The van der Waals surface area contributed by atoms with E-state index in [1.165, 1.54) is 15.7 Å². The second kappa shape index (κ2) is 5.92. The molecule has 1 aromatic carbocycles. The van der Waals surface area contributed by atoms with Gasteiger partial charge < -0.3 is 9.84 Å². The topological polar surface area (TPSA) is 70.1 Å². The van der Waals surface area contributed by atoms with Crippen LogP contribution in [-0.4, -0.2) is 55.0 Å². The Morgan fingerprint density at radius 1 is 1.43 bits per heavy atom. The maximum atomic E-state index is 12.4. The van der Waals surface area contributed by atoms with E-state index >= 15 is 0 Å². The summed E-state index contributed by atoms with van der Waals surface area (Å²) in [6, 6.07) is 7.31. The number of methoxy groups -OCH3 is 1. The van der Waals surface area contributed by atoms with Gasteiger partial charge in [0.2, 0.25) is 0 Å². The first kappa shape index (κ1) is 16.2. The van der Waals surface area contributed by atoms with Crippen LogP contribution in [0.2, 0.25) is 0 Å². The SMILES string of the molecule is CCC1(O)CN(S(=O)(=O)N(C)Cc2cccc(OC)c2)C1. The summed E-state index contributed by atoms with van der Waals surface area (Å²) in [5.74, 6) is 0.697. The zero-order valence-electron chi connectivity index (χ0n) is 12.6. The van der Waals surface area contributed by atoms with Crippen LogP contribution < -0.4 is 4.74 Å². The summed E-state index contributed by atoms with van der Waals surface area (Å²) in [6.07, 6.45) is 0.554. The van der Waals surface area contributed by atoms with Gasteiger partial charge in [-0.15, -0.1) is 0 Å². The third-order valence-electron chi connectivity index (χ3n) is 3.86. The second-order valence-corrected chi connectivity index (χ2v) is 7.50. The Bertz CT molecular complexity index is 597.